The van der Waals surface area contributed by atoms with E-state index in [1.54, 1.807) is 0 Å². The lowest BCUT2D eigenvalue weighted by Crippen LogP contribution is -2.45. The SMILES string of the molecule is OC[C@H]1CCCCC[C@@H]1N[C@@H]1CCCSC1. The predicted molar refractivity (Wildman–Crippen MR) is 70.9 cm³/mol. The third kappa shape index (κ3) is 3.64. The van der Waals surface area contributed by atoms with E-state index >= 15 is 0 Å². The van der Waals surface area contributed by atoms with Crippen LogP contribution in [0, 0.1) is 5.92 Å². The molecule has 2 nitrogen and oxygen atoms in total. The number of aliphatic hydroxyl groups excluding tert-OH is 1. The van der Waals surface area contributed by atoms with Crippen molar-refractivity contribution in [1.29, 1.82) is 0 Å². The Labute approximate surface area is 104 Å². The van der Waals surface area contributed by atoms with Crippen LogP contribution < -0.4 is 5.32 Å². The Morgan fingerprint density at radius 1 is 1.06 bits per heavy atom. The standard InChI is InChI=1S/C13H25NOS/c15-9-11-5-2-1-3-7-13(11)14-12-6-4-8-16-10-12/h11-15H,1-10H2/t11-,12-,13+/m1/s1. The van der Waals surface area contributed by atoms with Crippen LogP contribution in [0.4, 0.5) is 0 Å². The third-order valence-corrected chi connectivity index (χ3v) is 5.22. The van der Waals surface area contributed by atoms with E-state index < -0.39 is 0 Å². The first-order chi connectivity index (χ1) is 7.90. The first kappa shape index (κ1) is 12.7. The summed E-state index contributed by atoms with van der Waals surface area (Å²) in [7, 11) is 0. The van der Waals surface area contributed by atoms with Crippen LogP contribution in [-0.2, 0) is 0 Å². The second kappa shape index (κ2) is 6.87. The molecule has 1 aliphatic carbocycles. The van der Waals surface area contributed by atoms with Crippen LogP contribution in [-0.4, -0.2) is 35.3 Å². The Morgan fingerprint density at radius 3 is 2.69 bits per heavy atom. The van der Waals surface area contributed by atoms with Gasteiger partial charge in [-0.25, -0.2) is 0 Å². The maximum Gasteiger partial charge on any atom is 0.0474 e. The van der Waals surface area contributed by atoms with Gasteiger partial charge in [0.1, 0.15) is 0 Å². The van der Waals surface area contributed by atoms with Crippen LogP contribution in [0.15, 0.2) is 0 Å². The van der Waals surface area contributed by atoms with E-state index in [9.17, 15) is 5.11 Å². The molecule has 94 valence electrons. The van der Waals surface area contributed by atoms with E-state index in [0.29, 0.717) is 24.6 Å². The first-order valence-corrected chi connectivity index (χ1v) is 8.00. The molecule has 3 heteroatoms. The minimum absolute atomic E-state index is 0.373. The summed E-state index contributed by atoms with van der Waals surface area (Å²) in [5, 5.41) is 13.3. The number of thioether (sulfide) groups is 1. The van der Waals surface area contributed by atoms with Crippen molar-refractivity contribution in [2.75, 3.05) is 18.1 Å². The molecule has 0 spiro atoms. The molecule has 1 aliphatic heterocycles. The first-order valence-electron chi connectivity index (χ1n) is 6.85. The molecule has 0 unspecified atom stereocenters. The average Bonchev–Trinajstić information content (AvgIpc) is 2.55. The van der Waals surface area contributed by atoms with E-state index in [-0.39, 0.29) is 0 Å². The average molecular weight is 243 g/mol. The summed E-state index contributed by atoms with van der Waals surface area (Å²) in [6, 6.07) is 1.28. The highest BCUT2D eigenvalue weighted by molar-refractivity contribution is 7.99. The van der Waals surface area contributed by atoms with Crippen LogP contribution in [0.1, 0.15) is 44.9 Å². The highest BCUT2D eigenvalue weighted by atomic mass is 32.2. The van der Waals surface area contributed by atoms with E-state index in [0.717, 1.165) is 0 Å². The lowest BCUT2D eigenvalue weighted by atomic mass is 9.94. The number of hydrogen-bond acceptors (Lipinski definition) is 3. The van der Waals surface area contributed by atoms with Crippen LogP contribution in [0.2, 0.25) is 0 Å². The minimum atomic E-state index is 0.373. The summed E-state index contributed by atoms with van der Waals surface area (Å²) in [5.74, 6) is 3.12. The van der Waals surface area contributed by atoms with Gasteiger partial charge in [-0.05, 0) is 37.4 Å². The van der Waals surface area contributed by atoms with Gasteiger partial charge in [-0.1, -0.05) is 19.3 Å². The molecule has 1 saturated heterocycles. The topological polar surface area (TPSA) is 32.3 Å². The molecule has 2 rings (SSSR count). The van der Waals surface area contributed by atoms with Gasteiger partial charge in [0.05, 0.1) is 0 Å². The number of hydrogen-bond donors (Lipinski definition) is 2. The number of aliphatic hydroxyl groups is 1. The van der Waals surface area contributed by atoms with Gasteiger partial charge in [0.25, 0.3) is 0 Å². The normalized spacial score (nSPS) is 36.9. The molecular weight excluding hydrogens is 218 g/mol. The zero-order valence-electron chi connectivity index (χ0n) is 10.2. The summed E-state index contributed by atoms with van der Waals surface area (Å²) in [5.41, 5.74) is 0. The van der Waals surface area contributed by atoms with Crippen LogP contribution in [0.5, 0.6) is 0 Å². The van der Waals surface area contributed by atoms with E-state index in [4.69, 9.17) is 0 Å². The van der Waals surface area contributed by atoms with Crippen molar-refractivity contribution >= 4 is 11.8 Å². The highest BCUT2D eigenvalue weighted by Gasteiger charge is 2.25. The molecule has 0 aromatic carbocycles. The van der Waals surface area contributed by atoms with Gasteiger partial charge in [-0.2, -0.15) is 11.8 Å². The van der Waals surface area contributed by atoms with Crippen LogP contribution in [0.3, 0.4) is 0 Å². The fourth-order valence-corrected chi connectivity index (χ4v) is 4.08. The summed E-state index contributed by atoms with van der Waals surface area (Å²) >= 11 is 2.08. The zero-order valence-corrected chi connectivity index (χ0v) is 11.0. The van der Waals surface area contributed by atoms with Gasteiger partial charge >= 0.3 is 0 Å². The van der Waals surface area contributed by atoms with Crippen LogP contribution in [0.25, 0.3) is 0 Å². The Morgan fingerprint density at radius 2 is 1.94 bits per heavy atom. The Hall–Kier alpha value is 0.270. The lowest BCUT2D eigenvalue weighted by molar-refractivity contribution is 0.175. The molecule has 0 amide bonds. The third-order valence-electron chi connectivity index (χ3n) is 4.00. The van der Waals surface area contributed by atoms with Gasteiger partial charge in [0, 0.05) is 24.4 Å². The molecule has 2 aliphatic rings. The summed E-state index contributed by atoms with van der Waals surface area (Å²) < 4.78 is 0. The van der Waals surface area contributed by atoms with Gasteiger partial charge in [0.2, 0.25) is 0 Å². The van der Waals surface area contributed by atoms with E-state index in [1.165, 1.54) is 56.5 Å². The number of rotatable bonds is 3. The van der Waals surface area contributed by atoms with Crippen molar-refractivity contribution in [1.82, 2.24) is 5.32 Å². The predicted octanol–water partition coefficient (Wildman–Crippen LogP) is 2.41. The van der Waals surface area contributed by atoms with Crippen molar-refractivity contribution in [2.45, 2.75) is 57.0 Å². The summed E-state index contributed by atoms with van der Waals surface area (Å²) in [4.78, 5) is 0. The second-order valence-electron chi connectivity index (χ2n) is 5.27. The van der Waals surface area contributed by atoms with Crippen molar-refractivity contribution in [2.24, 2.45) is 5.92 Å². The molecule has 2 fully saturated rings. The molecule has 1 saturated carbocycles. The van der Waals surface area contributed by atoms with Gasteiger partial charge in [-0.15, -0.1) is 0 Å². The van der Waals surface area contributed by atoms with Gasteiger partial charge in [-0.3, -0.25) is 0 Å². The zero-order chi connectivity index (χ0) is 11.2. The summed E-state index contributed by atoms with van der Waals surface area (Å²) in [6.07, 6.45) is 9.19. The molecule has 2 N–H and O–H groups in total. The lowest BCUT2D eigenvalue weighted by Gasteiger charge is -2.31. The molecule has 0 aromatic heterocycles. The molecular formula is C13H25NOS. The maximum absolute atomic E-state index is 9.47. The molecule has 0 radical (unpaired) electrons. The second-order valence-corrected chi connectivity index (χ2v) is 6.42. The maximum atomic E-state index is 9.47. The fraction of sp³-hybridized carbons (Fsp3) is 1.00. The molecule has 0 aromatic rings. The van der Waals surface area contributed by atoms with Crippen molar-refractivity contribution < 1.29 is 5.11 Å². The Bertz CT molecular complexity index is 194. The Kier molecular flexibility index (Phi) is 5.46. The van der Waals surface area contributed by atoms with E-state index in [2.05, 4.69) is 17.1 Å². The van der Waals surface area contributed by atoms with Crippen molar-refractivity contribution in [3.63, 3.8) is 0 Å². The monoisotopic (exact) mass is 243 g/mol. The van der Waals surface area contributed by atoms with Crippen LogP contribution >= 0.6 is 11.8 Å². The number of nitrogens with one attached hydrogen (secondary N) is 1. The Balaban J connectivity index is 1.83. The molecule has 16 heavy (non-hydrogen) atoms. The fourth-order valence-electron chi connectivity index (χ4n) is 3.00. The smallest absolute Gasteiger partial charge is 0.0474 e. The van der Waals surface area contributed by atoms with Crippen molar-refractivity contribution in [3.05, 3.63) is 0 Å². The molecule has 1 heterocycles. The quantitative estimate of drug-likeness (QED) is 0.747. The van der Waals surface area contributed by atoms with Gasteiger partial charge in [0.15, 0.2) is 0 Å². The summed E-state index contributed by atoms with van der Waals surface area (Å²) in [6.45, 7) is 0.373. The minimum Gasteiger partial charge on any atom is -0.396 e. The van der Waals surface area contributed by atoms with Gasteiger partial charge < -0.3 is 10.4 Å². The van der Waals surface area contributed by atoms with Crippen molar-refractivity contribution in [3.8, 4) is 0 Å². The largest absolute Gasteiger partial charge is 0.396 e. The highest BCUT2D eigenvalue weighted by Crippen LogP contribution is 2.25. The molecule has 3 atom stereocenters. The molecule has 0 bridgehead atoms. The van der Waals surface area contributed by atoms with E-state index in [1.807, 2.05) is 0 Å².